The molecule has 3 aliphatic heterocycles. The van der Waals surface area contributed by atoms with E-state index in [-0.39, 0.29) is 24.1 Å². The van der Waals surface area contributed by atoms with Gasteiger partial charge >= 0.3 is 0 Å². The van der Waals surface area contributed by atoms with Crippen LogP contribution in [-0.2, 0) is 9.63 Å². The third kappa shape index (κ3) is 4.75. The lowest BCUT2D eigenvalue weighted by atomic mass is 9.89. The van der Waals surface area contributed by atoms with Crippen molar-refractivity contribution in [2.24, 2.45) is 5.92 Å². The molecule has 4 fully saturated rings. The highest BCUT2D eigenvalue weighted by Crippen LogP contribution is 2.24. The van der Waals surface area contributed by atoms with E-state index in [2.05, 4.69) is 26.5 Å². The van der Waals surface area contributed by atoms with Crippen LogP contribution in [0.15, 0.2) is 0 Å². The highest BCUT2D eigenvalue weighted by molar-refractivity contribution is 5.81. The summed E-state index contributed by atoms with van der Waals surface area (Å²) in [5.41, 5.74) is 6.56. The first-order valence-corrected chi connectivity index (χ1v) is 10.7. The number of nitrogens with one attached hydrogen (secondary N) is 4. The molecule has 3 heterocycles. The summed E-state index contributed by atoms with van der Waals surface area (Å²) in [5, 5.41) is 9.04. The molecule has 1 aliphatic carbocycles. The molecule has 4 rings (SSSR count). The van der Waals surface area contributed by atoms with Crippen LogP contribution in [0.25, 0.3) is 0 Å². The molecule has 1 saturated carbocycles. The maximum atomic E-state index is 12.6. The third-order valence-corrected chi connectivity index (χ3v) is 6.51. The molecule has 7 nitrogen and oxygen atoms in total. The largest absolute Gasteiger partial charge is 0.348 e. The molecule has 26 heavy (non-hydrogen) atoms. The Morgan fingerprint density at radius 1 is 1.08 bits per heavy atom. The van der Waals surface area contributed by atoms with Crippen LogP contribution in [0.3, 0.4) is 0 Å². The third-order valence-electron chi connectivity index (χ3n) is 6.51. The van der Waals surface area contributed by atoms with E-state index in [9.17, 15) is 4.79 Å². The molecule has 3 saturated heterocycles. The van der Waals surface area contributed by atoms with Crippen LogP contribution < -0.4 is 21.5 Å². The molecule has 0 spiro atoms. The molecule has 148 valence electrons. The number of carbonyl (C=O) groups is 1. The number of piperidine rings is 1. The van der Waals surface area contributed by atoms with Crippen LogP contribution in [-0.4, -0.2) is 61.3 Å². The summed E-state index contributed by atoms with van der Waals surface area (Å²) in [4.78, 5) is 18.2. The van der Waals surface area contributed by atoms with Gasteiger partial charge < -0.3 is 10.6 Å². The lowest BCUT2D eigenvalue weighted by molar-refractivity contribution is -0.133. The number of hydrogen-bond acceptors (Lipinski definition) is 6. The van der Waals surface area contributed by atoms with E-state index >= 15 is 0 Å². The average Bonchev–Trinajstić information content (AvgIpc) is 3.33. The summed E-state index contributed by atoms with van der Waals surface area (Å²) in [6.45, 7) is 3.91. The molecule has 1 amide bonds. The Labute approximate surface area is 156 Å². The predicted octanol–water partition coefficient (Wildman–Crippen LogP) is 0.676. The van der Waals surface area contributed by atoms with Crippen molar-refractivity contribution in [3.05, 3.63) is 0 Å². The van der Waals surface area contributed by atoms with Crippen LogP contribution in [0.4, 0.5) is 0 Å². The van der Waals surface area contributed by atoms with Gasteiger partial charge in [0.1, 0.15) is 0 Å². The molecule has 0 aromatic rings. The molecule has 4 N–H and O–H groups in total. The van der Waals surface area contributed by atoms with Crippen molar-refractivity contribution in [3.63, 3.8) is 0 Å². The second-order valence-electron chi connectivity index (χ2n) is 8.60. The molecule has 0 bridgehead atoms. The van der Waals surface area contributed by atoms with Gasteiger partial charge in [0.05, 0.1) is 12.1 Å². The Hall–Kier alpha value is -0.730. The van der Waals surface area contributed by atoms with E-state index in [0.717, 1.165) is 44.9 Å². The average molecular weight is 366 g/mol. The monoisotopic (exact) mass is 365 g/mol. The van der Waals surface area contributed by atoms with Gasteiger partial charge in [0.2, 0.25) is 0 Å². The molecule has 0 aromatic carbocycles. The normalized spacial score (nSPS) is 37.1. The van der Waals surface area contributed by atoms with Gasteiger partial charge in [-0.3, -0.25) is 15.1 Å². The molecule has 4 aliphatic rings. The number of rotatable bonds is 5. The first-order chi connectivity index (χ1) is 12.8. The van der Waals surface area contributed by atoms with Gasteiger partial charge in [0, 0.05) is 32.1 Å². The van der Waals surface area contributed by atoms with Crippen molar-refractivity contribution < 1.29 is 9.63 Å². The van der Waals surface area contributed by atoms with E-state index < -0.39 is 0 Å². The van der Waals surface area contributed by atoms with Crippen LogP contribution in [0.5, 0.6) is 0 Å². The maximum absolute atomic E-state index is 12.6. The molecular formula is C19H35N5O2. The van der Waals surface area contributed by atoms with Gasteiger partial charge in [-0.25, -0.2) is 5.01 Å². The first-order valence-electron chi connectivity index (χ1n) is 10.7. The summed E-state index contributed by atoms with van der Waals surface area (Å²) in [5.74, 6) is 0.846. The number of carbonyl (C=O) groups excluding carboxylic acids is 1. The number of hydrogen-bond donors (Lipinski definition) is 4. The summed E-state index contributed by atoms with van der Waals surface area (Å²) >= 11 is 0. The van der Waals surface area contributed by atoms with E-state index in [0.29, 0.717) is 6.04 Å². The summed E-state index contributed by atoms with van der Waals surface area (Å²) in [7, 11) is 0. The highest BCUT2D eigenvalue weighted by atomic mass is 16.7. The van der Waals surface area contributed by atoms with Gasteiger partial charge in [-0.05, 0) is 38.1 Å². The van der Waals surface area contributed by atoms with Crippen molar-refractivity contribution >= 4 is 5.91 Å². The fourth-order valence-corrected chi connectivity index (χ4v) is 4.97. The Bertz CT molecular complexity index is 465. The SMILES string of the molecule is O=C(NC1CNN(CC2CCCCC2)C1)C1CC(C2CCCCN2)NO1. The van der Waals surface area contributed by atoms with Crippen molar-refractivity contribution in [2.75, 3.05) is 26.2 Å². The van der Waals surface area contributed by atoms with Gasteiger partial charge in [-0.15, -0.1) is 0 Å². The van der Waals surface area contributed by atoms with Gasteiger partial charge in [0.15, 0.2) is 6.10 Å². The van der Waals surface area contributed by atoms with Crippen LogP contribution in [0, 0.1) is 5.92 Å². The Balaban J connectivity index is 1.18. The molecule has 0 aromatic heterocycles. The van der Waals surface area contributed by atoms with E-state index in [1.807, 2.05) is 0 Å². The van der Waals surface area contributed by atoms with Crippen LogP contribution >= 0.6 is 0 Å². The minimum Gasteiger partial charge on any atom is -0.348 e. The van der Waals surface area contributed by atoms with E-state index in [1.54, 1.807) is 0 Å². The fraction of sp³-hybridized carbons (Fsp3) is 0.947. The zero-order valence-electron chi connectivity index (χ0n) is 15.8. The number of amides is 1. The predicted molar refractivity (Wildman–Crippen MR) is 100 cm³/mol. The number of nitrogens with zero attached hydrogens (tertiary/aromatic N) is 1. The summed E-state index contributed by atoms with van der Waals surface area (Å²) < 4.78 is 0. The minimum atomic E-state index is -0.365. The lowest BCUT2D eigenvalue weighted by Gasteiger charge is -2.27. The van der Waals surface area contributed by atoms with Gasteiger partial charge in [-0.2, -0.15) is 5.48 Å². The molecule has 0 radical (unpaired) electrons. The highest BCUT2D eigenvalue weighted by Gasteiger charge is 2.37. The van der Waals surface area contributed by atoms with Crippen molar-refractivity contribution in [3.8, 4) is 0 Å². The topological polar surface area (TPSA) is 77.7 Å². The first kappa shape index (κ1) is 18.6. The molecular weight excluding hydrogens is 330 g/mol. The zero-order valence-corrected chi connectivity index (χ0v) is 15.8. The summed E-state index contributed by atoms with van der Waals surface area (Å²) in [6, 6.07) is 0.859. The van der Waals surface area contributed by atoms with Crippen molar-refractivity contribution in [1.82, 2.24) is 26.5 Å². The maximum Gasteiger partial charge on any atom is 0.251 e. The van der Waals surface area contributed by atoms with Gasteiger partial charge in [0.25, 0.3) is 5.91 Å². The molecule has 4 unspecified atom stereocenters. The second-order valence-corrected chi connectivity index (χ2v) is 8.60. The van der Waals surface area contributed by atoms with Gasteiger partial charge in [-0.1, -0.05) is 25.7 Å². The Morgan fingerprint density at radius 3 is 2.73 bits per heavy atom. The van der Waals surface area contributed by atoms with E-state index in [1.165, 1.54) is 44.9 Å². The Morgan fingerprint density at radius 2 is 1.92 bits per heavy atom. The second kappa shape index (κ2) is 8.97. The van der Waals surface area contributed by atoms with Crippen LogP contribution in [0.1, 0.15) is 57.8 Å². The fourth-order valence-electron chi connectivity index (χ4n) is 4.97. The Kier molecular flexibility index (Phi) is 6.43. The van der Waals surface area contributed by atoms with E-state index in [4.69, 9.17) is 4.84 Å². The standard InChI is InChI=1S/C19H35N5O2/c25-19(18-10-17(23-26-18)16-8-4-5-9-20-16)22-15-11-21-24(13-15)12-14-6-2-1-3-7-14/h14-18,20-21,23H,1-13H2,(H,22,25). The molecule has 7 heteroatoms. The smallest absolute Gasteiger partial charge is 0.251 e. The summed E-state index contributed by atoms with van der Waals surface area (Å²) in [6.07, 6.45) is 10.9. The molecule has 4 atom stereocenters. The van der Waals surface area contributed by atoms with Crippen molar-refractivity contribution in [1.29, 1.82) is 0 Å². The minimum absolute atomic E-state index is 0.0297. The van der Waals surface area contributed by atoms with Crippen molar-refractivity contribution in [2.45, 2.75) is 82.0 Å². The quantitative estimate of drug-likeness (QED) is 0.574. The number of hydrazine groups is 1. The van der Waals surface area contributed by atoms with Crippen LogP contribution in [0.2, 0.25) is 0 Å². The zero-order chi connectivity index (χ0) is 17.8. The number of hydroxylamine groups is 1. The lowest BCUT2D eigenvalue weighted by Crippen LogP contribution is -2.47.